The lowest BCUT2D eigenvalue weighted by Crippen LogP contribution is -2.66. The molecule has 0 aliphatic heterocycles. The van der Waals surface area contributed by atoms with Gasteiger partial charge in [-0.15, -0.1) is 0 Å². The third-order valence-corrected chi connectivity index (χ3v) is 12.8. The Morgan fingerprint density at radius 1 is 0.621 bits per heavy atom. The zero-order valence-electron chi connectivity index (χ0n) is 19.9. The third kappa shape index (κ3) is 2.37. The molecule has 2 nitrogen and oxygen atoms in total. The van der Waals surface area contributed by atoms with Crippen molar-refractivity contribution in [1.82, 2.24) is 0 Å². The highest BCUT2D eigenvalue weighted by Crippen LogP contribution is 2.76. The smallest absolute Gasteiger partial charge is 0.0594 e. The van der Waals surface area contributed by atoms with Gasteiger partial charge in [0.15, 0.2) is 0 Å². The van der Waals surface area contributed by atoms with Crippen LogP contribution in [0.4, 0.5) is 0 Å². The molecule has 10 atom stereocenters. The first-order chi connectivity index (χ1) is 13.4. The topological polar surface area (TPSA) is 40.5 Å². The third-order valence-electron chi connectivity index (χ3n) is 12.8. The second-order valence-corrected chi connectivity index (χ2v) is 13.8. The monoisotopic (exact) mass is 402 g/mol. The maximum absolute atomic E-state index is 11.0. The zero-order valence-corrected chi connectivity index (χ0v) is 19.9. The van der Waals surface area contributed by atoms with Crippen LogP contribution in [0.5, 0.6) is 0 Å². The van der Waals surface area contributed by atoms with Gasteiger partial charge in [0.1, 0.15) is 0 Å². The summed E-state index contributed by atoms with van der Waals surface area (Å²) in [6.45, 7) is 15.1. The van der Waals surface area contributed by atoms with E-state index in [2.05, 4.69) is 41.5 Å². The fourth-order valence-electron chi connectivity index (χ4n) is 10.9. The molecule has 0 amide bonds. The summed E-state index contributed by atoms with van der Waals surface area (Å²) in [7, 11) is 0. The van der Waals surface area contributed by atoms with Gasteiger partial charge in [0, 0.05) is 0 Å². The van der Waals surface area contributed by atoms with Crippen molar-refractivity contribution < 1.29 is 10.2 Å². The van der Waals surface area contributed by atoms with Gasteiger partial charge < -0.3 is 10.2 Å². The predicted molar refractivity (Wildman–Crippen MR) is 118 cm³/mol. The number of rotatable bonds is 0. The van der Waals surface area contributed by atoms with E-state index in [4.69, 9.17) is 0 Å². The van der Waals surface area contributed by atoms with E-state index in [1.807, 2.05) is 0 Å². The van der Waals surface area contributed by atoms with Gasteiger partial charge in [-0.1, -0.05) is 41.5 Å². The Labute approximate surface area is 179 Å². The maximum atomic E-state index is 11.0. The molecule has 5 saturated carbocycles. The molecule has 0 aromatic heterocycles. The lowest BCUT2D eigenvalue weighted by atomic mass is 9.32. The number of aliphatic hydroxyl groups excluding tert-OH is 2. The fraction of sp³-hybridized carbons (Fsp3) is 1.00. The quantitative estimate of drug-likeness (QED) is 0.507. The second-order valence-electron chi connectivity index (χ2n) is 13.8. The number of hydrogen-bond donors (Lipinski definition) is 2. The fourth-order valence-corrected chi connectivity index (χ4v) is 10.9. The van der Waals surface area contributed by atoms with Crippen molar-refractivity contribution >= 4 is 0 Å². The van der Waals surface area contributed by atoms with Crippen LogP contribution in [0.2, 0.25) is 0 Å². The van der Waals surface area contributed by atoms with Crippen molar-refractivity contribution in [2.45, 2.75) is 118 Å². The van der Waals surface area contributed by atoms with Crippen molar-refractivity contribution in [1.29, 1.82) is 0 Å². The first-order valence-corrected chi connectivity index (χ1v) is 12.8. The standard InChI is InChI=1S/C27H46O2/c1-23(2)19-10-14-27(6)20(25(19,4)13-11-21(23)29)8-7-17-22-18(28)9-12-24(22,3)15-16-26(17,27)5/h17-22,28-29H,7-16H2,1-6H3/t17-,18-,19+,20+,21+,22+,24-,25+,26-,27-/m1/s1. The van der Waals surface area contributed by atoms with Gasteiger partial charge in [0.25, 0.3) is 0 Å². The molecule has 5 aliphatic rings. The Bertz CT molecular complexity index is 686. The summed E-state index contributed by atoms with van der Waals surface area (Å²) in [6.07, 6.45) is 12.2. The Balaban J connectivity index is 1.54. The summed E-state index contributed by atoms with van der Waals surface area (Å²) < 4.78 is 0. The van der Waals surface area contributed by atoms with Gasteiger partial charge in [-0.25, -0.2) is 0 Å². The van der Waals surface area contributed by atoms with Gasteiger partial charge >= 0.3 is 0 Å². The van der Waals surface area contributed by atoms with Crippen molar-refractivity contribution in [2.75, 3.05) is 0 Å². The van der Waals surface area contributed by atoms with Crippen LogP contribution in [-0.2, 0) is 0 Å². The molecule has 0 bridgehead atoms. The highest BCUT2D eigenvalue weighted by Gasteiger charge is 2.70. The summed E-state index contributed by atoms with van der Waals surface area (Å²) in [5, 5.41) is 21.9. The highest BCUT2D eigenvalue weighted by molar-refractivity contribution is 5.19. The molecule has 5 aliphatic carbocycles. The Hall–Kier alpha value is -0.0800. The minimum Gasteiger partial charge on any atom is -0.393 e. The lowest BCUT2D eigenvalue weighted by Gasteiger charge is -2.72. The van der Waals surface area contributed by atoms with Crippen LogP contribution in [0.3, 0.4) is 0 Å². The first kappa shape index (κ1) is 20.8. The van der Waals surface area contributed by atoms with E-state index in [0.29, 0.717) is 39.4 Å². The van der Waals surface area contributed by atoms with Gasteiger partial charge in [0.05, 0.1) is 12.2 Å². The normalized spacial score (nSPS) is 61.2. The molecule has 0 radical (unpaired) electrons. The predicted octanol–water partition coefficient (Wildman–Crippen LogP) is 6.19. The minimum atomic E-state index is -0.138. The van der Waals surface area contributed by atoms with E-state index in [0.717, 1.165) is 18.8 Å². The molecular weight excluding hydrogens is 356 g/mol. The van der Waals surface area contributed by atoms with Crippen LogP contribution in [-0.4, -0.2) is 22.4 Å². The molecule has 5 fully saturated rings. The van der Waals surface area contributed by atoms with E-state index in [1.165, 1.54) is 51.4 Å². The van der Waals surface area contributed by atoms with Crippen LogP contribution in [0.25, 0.3) is 0 Å². The van der Waals surface area contributed by atoms with Crippen molar-refractivity contribution in [3.8, 4) is 0 Å². The van der Waals surface area contributed by atoms with Crippen LogP contribution in [0, 0.1) is 50.7 Å². The maximum Gasteiger partial charge on any atom is 0.0594 e. The Kier molecular flexibility index (Phi) is 4.33. The van der Waals surface area contributed by atoms with E-state index in [-0.39, 0.29) is 17.6 Å². The van der Waals surface area contributed by atoms with Gasteiger partial charge in [-0.05, 0) is 115 Å². The molecule has 0 aromatic rings. The molecule has 0 unspecified atom stereocenters. The summed E-state index contributed by atoms with van der Waals surface area (Å²) in [5.74, 6) is 2.63. The Morgan fingerprint density at radius 3 is 2.07 bits per heavy atom. The molecule has 2 heteroatoms. The van der Waals surface area contributed by atoms with Crippen LogP contribution >= 0.6 is 0 Å². The number of aliphatic hydroxyl groups is 2. The molecule has 5 rings (SSSR count). The minimum absolute atomic E-state index is 0.0405. The van der Waals surface area contributed by atoms with Crippen molar-refractivity contribution in [2.24, 2.45) is 50.7 Å². The largest absolute Gasteiger partial charge is 0.393 e. The lowest BCUT2D eigenvalue weighted by molar-refractivity contribution is -0.249. The van der Waals surface area contributed by atoms with Crippen molar-refractivity contribution in [3.05, 3.63) is 0 Å². The molecule has 166 valence electrons. The van der Waals surface area contributed by atoms with E-state index < -0.39 is 0 Å². The first-order valence-electron chi connectivity index (χ1n) is 12.8. The van der Waals surface area contributed by atoms with E-state index >= 15 is 0 Å². The molecular formula is C27H46O2. The SMILES string of the molecule is CC1(C)[C@@H](O)CC[C@@]2(C)[C@H]1CC[C@]1(C)[C@H]2CC[C@@H]2[C@H]3[C@H](O)CC[C@]3(C)CC[C@]21C. The molecule has 2 N–H and O–H groups in total. The molecule has 0 heterocycles. The van der Waals surface area contributed by atoms with Crippen LogP contribution in [0.1, 0.15) is 106 Å². The van der Waals surface area contributed by atoms with E-state index in [9.17, 15) is 10.2 Å². The molecule has 0 spiro atoms. The molecule has 0 saturated heterocycles. The molecule has 0 aromatic carbocycles. The number of fused-ring (bicyclic) bond motifs is 7. The number of hydrogen-bond acceptors (Lipinski definition) is 2. The summed E-state index contributed by atoms with van der Waals surface area (Å²) in [4.78, 5) is 0. The zero-order chi connectivity index (χ0) is 21.0. The van der Waals surface area contributed by atoms with Crippen molar-refractivity contribution in [3.63, 3.8) is 0 Å². The summed E-state index contributed by atoms with van der Waals surface area (Å²) >= 11 is 0. The average molecular weight is 403 g/mol. The summed E-state index contributed by atoms with van der Waals surface area (Å²) in [5.41, 5.74) is 1.52. The van der Waals surface area contributed by atoms with Gasteiger partial charge in [-0.3, -0.25) is 0 Å². The van der Waals surface area contributed by atoms with Crippen LogP contribution in [0.15, 0.2) is 0 Å². The van der Waals surface area contributed by atoms with Gasteiger partial charge in [-0.2, -0.15) is 0 Å². The second kappa shape index (κ2) is 6.03. The highest BCUT2D eigenvalue weighted by atomic mass is 16.3. The average Bonchev–Trinajstić information content (AvgIpc) is 2.95. The van der Waals surface area contributed by atoms with Crippen LogP contribution < -0.4 is 0 Å². The Morgan fingerprint density at radius 2 is 1.34 bits per heavy atom. The van der Waals surface area contributed by atoms with Gasteiger partial charge in [0.2, 0.25) is 0 Å². The molecule has 29 heavy (non-hydrogen) atoms. The summed E-state index contributed by atoms with van der Waals surface area (Å²) in [6, 6.07) is 0. The van der Waals surface area contributed by atoms with E-state index in [1.54, 1.807) is 0 Å².